The van der Waals surface area contributed by atoms with Crippen molar-refractivity contribution in [2.24, 2.45) is 0 Å². The summed E-state index contributed by atoms with van der Waals surface area (Å²) in [6.07, 6.45) is 5.02. The second-order valence-corrected chi connectivity index (χ2v) is 6.75. The quantitative estimate of drug-likeness (QED) is 0.379. The van der Waals surface area contributed by atoms with Gasteiger partial charge in [0.2, 0.25) is 5.91 Å². The number of carbonyl (C=O) groups excluding carboxylic acids is 1. The largest absolute Gasteiger partial charge is 0.493 e. The molecule has 0 aromatic heterocycles. The van der Waals surface area contributed by atoms with Crippen LogP contribution in [-0.4, -0.2) is 26.2 Å². The van der Waals surface area contributed by atoms with Crippen LogP contribution in [0.5, 0.6) is 17.2 Å². The molecule has 30 heavy (non-hydrogen) atoms. The first-order chi connectivity index (χ1) is 14.6. The van der Waals surface area contributed by atoms with Gasteiger partial charge in [-0.3, -0.25) is 4.79 Å². The number of carbonyl (C=O) groups is 1. The topological polar surface area (TPSA) is 80.6 Å². The normalized spacial score (nSPS) is 10.5. The zero-order chi connectivity index (χ0) is 21.8. The second kappa shape index (κ2) is 12.4. The van der Waals surface area contributed by atoms with Gasteiger partial charge in [0.1, 0.15) is 5.75 Å². The number of unbranched alkanes of at least 4 members (excludes halogenated alkanes) is 1. The Kier molecular flexibility index (Phi) is 9.56. The van der Waals surface area contributed by atoms with Crippen LogP contribution in [0.1, 0.15) is 31.7 Å². The molecular weight excluding hydrogens is 404 g/mol. The fraction of sp³-hybridized carbons (Fsp3) is 0.304. The number of anilines is 1. The predicted octanol–water partition coefficient (Wildman–Crippen LogP) is 5.47. The van der Waals surface area contributed by atoms with E-state index in [1.807, 2.05) is 6.92 Å². The Morgan fingerprint density at radius 2 is 2.07 bits per heavy atom. The van der Waals surface area contributed by atoms with Gasteiger partial charge in [0.05, 0.1) is 31.4 Å². The lowest BCUT2D eigenvalue weighted by Gasteiger charge is -2.12. The lowest BCUT2D eigenvalue weighted by Crippen LogP contribution is -2.08. The molecule has 6 nitrogen and oxygen atoms in total. The van der Waals surface area contributed by atoms with Gasteiger partial charge in [0.25, 0.3) is 0 Å². The van der Waals surface area contributed by atoms with Crippen molar-refractivity contribution in [3.63, 3.8) is 0 Å². The standard InChI is InChI=1S/C23H25ClN2O4/c1-3-12-30-23-20(24)14-17(15-21(23)28-2)9-10-22(27)26-18-7-6-8-19(16-18)29-13-5-4-11-25/h6-10,14-16H,3-5,12-13H2,1-2H3,(H,26,27)/b10-9+. The highest BCUT2D eigenvalue weighted by molar-refractivity contribution is 6.32. The Bertz CT molecular complexity index is 922. The van der Waals surface area contributed by atoms with E-state index in [0.29, 0.717) is 59.6 Å². The molecule has 0 saturated carbocycles. The first-order valence-corrected chi connectivity index (χ1v) is 10.0. The summed E-state index contributed by atoms with van der Waals surface area (Å²) in [5.74, 6) is 1.35. The first kappa shape index (κ1) is 23.1. The molecule has 0 aliphatic rings. The molecule has 0 radical (unpaired) electrons. The summed E-state index contributed by atoms with van der Waals surface area (Å²) >= 11 is 6.30. The number of nitriles is 1. The van der Waals surface area contributed by atoms with E-state index in [1.165, 1.54) is 6.08 Å². The summed E-state index contributed by atoms with van der Waals surface area (Å²) in [6.45, 7) is 2.99. The minimum Gasteiger partial charge on any atom is -0.493 e. The third-order valence-corrected chi connectivity index (χ3v) is 4.21. The molecule has 1 N–H and O–H groups in total. The summed E-state index contributed by atoms with van der Waals surface area (Å²) in [5.41, 5.74) is 1.33. The lowest BCUT2D eigenvalue weighted by molar-refractivity contribution is -0.111. The van der Waals surface area contributed by atoms with E-state index >= 15 is 0 Å². The Morgan fingerprint density at radius 1 is 1.23 bits per heavy atom. The highest BCUT2D eigenvalue weighted by Gasteiger charge is 2.11. The monoisotopic (exact) mass is 428 g/mol. The van der Waals surface area contributed by atoms with E-state index in [2.05, 4.69) is 11.4 Å². The number of halogens is 1. The van der Waals surface area contributed by atoms with Crippen LogP contribution < -0.4 is 19.5 Å². The van der Waals surface area contributed by atoms with E-state index in [9.17, 15) is 4.79 Å². The molecule has 0 aliphatic carbocycles. The van der Waals surface area contributed by atoms with Crippen LogP contribution in [0.25, 0.3) is 6.08 Å². The number of rotatable bonds is 11. The molecule has 0 spiro atoms. The van der Waals surface area contributed by atoms with Crippen molar-refractivity contribution in [1.82, 2.24) is 0 Å². The molecule has 0 unspecified atom stereocenters. The number of hydrogen-bond acceptors (Lipinski definition) is 5. The van der Waals surface area contributed by atoms with Gasteiger partial charge in [-0.25, -0.2) is 0 Å². The lowest BCUT2D eigenvalue weighted by atomic mass is 10.2. The Morgan fingerprint density at radius 3 is 2.80 bits per heavy atom. The van der Waals surface area contributed by atoms with E-state index in [-0.39, 0.29) is 5.91 Å². The van der Waals surface area contributed by atoms with Crippen LogP contribution in [0.15, 0.2) is 42.5 Å². The summed E-state index contributed by atoms with van der Waals surface area (Å²) in [7, 11) is 1.54. The van der Waals surface area contributed by atoms with Crippen LogP contribution in [-0.2, 0) is 4.79 Å². The van der Waals surface area contributed by atoms with Gasteiger partial charge in [-0.2, -0.15) is 5.26 Å². The minimum atomic E-state index is -0.293. The van der Waals surface area contributed by atoms with Crippen molar-refractivity contribution in [2.75, 3.05) is 25.6 Å². The molecule has 0 fully saturated rings. The zero-order valence-electron chi connectivity index (χ0n) is 17.1. The molecule has 0 heterocycles. The number of hydrogen-bond donors (Lipinski definition) is 1. The fourth-order valence-electron chi connectivity index (χ4n) is 2.54. The summed E-state index contributed by atoms with van der Waals surface area (Å²) in [4.78, 5) is 12.3. The Labute approximate surface area is 182 Å². The van der Waals surface area contributed by atoms with Gasteiger partial charge in [0.15, 0.2) is 11.5 Å². The molecule has 2 aromatic carbocycles. The molecule has 2 rings (SSSR count). The van der Waals surface area contributed by atoms with E-state index in [1.54, 1.807) is 49.6 Å². The van der Waals surface area contributed by atoms with Crippen LogP contribution in [0.2, 0.25) is 5.02 Å². The van der Waals surface area contributed by atoms with Gasteiger partial charge in [-0.15, -0.1) is 0 Å². The van der Waals surface area contributed by atoms with Crippen molar-refractivity contribution in [3.05, 3.63) is 53.1 Å². The first-order valence-electron chi connectivity index (χ1n) is 9.66. The third kappa shape index (κ3) is 7.34. The highest BCUT2D eigenvalue weighted by atomic mass is 35.5. The van der Waals surface area contributed by atoms with Crippen molar-refractivity contribution in [2.45, 2.75) is 26.2 Å². The van der Waals surface area contributed by atoms with Crippen LogP contribution >= 0.6 is 11.6 Å². The molecule has 0 saturated heterocycles. The zero-order valence-corrected chi connectivity index (χ0v) is 17.9. The van der Waals surface area contributed by atoms with Gasteiger partial charge in [0, 0.05) is 24.3 Å². The van der Waals surface area contributed by atoms with Crippen molar-refractivity contribution in [3.8, 4) is 23.3 Å². The van der Waals surface area contributed by atoms with Crippen LogP contribution in [0.4, 0.5) is 5.69 Å². The van der Waals surface area contributed by atoms with Gasteiger partial charge in [-0.1, -0.05) is 24.6 Å². The fourth-order valence-corrected chi connectivity index (χ4v) is 2.81. The molecule has 1 amide bonds. The number of methoxy groups -OCH3 is 1. The summed E-state index contributed by atoms with van der Waals surface area (Å²) in [6, 6.07) is 12.6. The second-order valence-electron chi connectivity index (χ2n) is 6.34. The molecular formula is C23H25ClN2O4. The van der Waals surface area contributed by atoms with E-state index < -0.39 is 0 Å². The maximum atomic E-state index is 12.3. The number of amides is 1. The number of benzene rings is 2. The van der Waals surface area contributed by atoms with Crippen LogP contribution in [0, 0.1) is 11.3 Å². The van der Waals surface area contributed by atoms with Gasteiger partial charge >= 0.3 is 0 Å². The molecule has 0 bridgehead atoms. The molecule has 0 atom stereocenters. The third-order valence-electron chi connectivity index (χ3n) is 3.93. The Hall–Kier alpha value is -3.17. The minimum absolute atomic E-state index is 0.293. The summed E-state index contributed by atoms with van der Waals surface area (Å²) in [5, 5.41) is 11.8. The molecule has 0 aliphatic heterocycles. The molecule has 7 heteroatoms. The molecule has 158 valence electrons. The maximum Gasteiger partial charge on any atom is 0.248 e. The van der Waals surface area contributed by atoms with Crippen LogP contribution in [0.3, 0.4) is 0 Å². The SMILES string of the molecule is CCCOc1c(Cl)cc(/C=C/C(=O)Nc2cccc(OCCCC#N)c2)cc1OC. The summed E-state index contributed by atoms with van der Waals surface area (Å²) < 4.78 is 16.6. The van der Waals surface area contributed by atoms with Crippen molar-refractivity contribution in [1.29, 1.82) is 5.26 Å². The average Bonchev–Trinajstić information content (AvgIpc) is 2.74. The van der Waals surface area contributed by atoms with E-state index in [0.717, 1.165) is 6.42 Å². The number of nitrogens with one attached hydrogen (secondary N) is 1. The Balaban J connectivity index is 2.01. The molecule has 2 aromatic rings. The highest BCUT2D eigenvalue weighted by Crippen LogP contribution is 2.36. The van der Waals surface area contributed by atoms with Crippen molar-refractivity contribution < 1.29 is 19.0 Å². The average molecular weight is 429 g/mol. The van der Waals surface area contributed by atoms with Gasteiger partial charge in [-0.05, 0) is 48.7 Å². The maximum absolute atomic E-state index is 12.3. The van der Waals surface area contributed by atoms with E-state index in [4.69, 9.17) is 31.1 Å². The predicted molar refractivity (Wildman–Crippen MR) is 118 cm³/mol. The smallest absolute Gasteiger partial charge is 0.248 e. The number of ether oxygens (including phenoxy) is 3. The van der Waals surface area contributed by atoms with Gasteiger partial charge < -0.3 is 19.5 Å². The van der Waals surface area contributed by atoms with Crippen molar-refractivity contribution >= 4 is 29.3 Å². The number of nitrogens with zero attached hydrogens (tertiary/aromatic N) is 1.